The maximum absolute atomic E-state index is 12.7. The van der Waals surface area contributed by atoms with E-state index in [2.05, 4.69) is 6.58 Å². The smallest absolute Gasteiger partial charge is 0.354 e. The van der Waals surface area contributed by atoms with Crippen molar-refractivity contribution >= 4 is 21.8 Å². The van der Waals surface area contributed by atoms with Crippen LogP contribution in [0.3, 0.4) is 0 Å². The molecule has 24 heavy (non-hydrogen) atoms. The fourth-order valence-corrected chi connectivity index (χ4v) is 3.63. The van der Waals surface area contributed by atoms with Crippen molar-refractivity contribution in [2.45, 2.75) is 20.8 Å². The van der Waals surface area contributed by atoms with Gasteiger partial charge in [-0.2, -0.15) is 4.31 Å². The molecule has 8 heteroatoms. The van der Waals surface area contributed by atoms with Crippen molar-refractivity contribution in [2.24, 2.45) is 7.05 Å². The lowest BCUT2D eigenvalue weighted by atomic mass is 10.1. The normalized spacial score (nSPS) is 11.6. The van der Waals surface area contributed by atoms with Crippen molar-refractivity contribution in [1.29, 1.82) is 0 Å². The fourth-order valence-electron chi connectivity index (χ4n) is 2.62. The molecule has 0 N–H and O–H groups in total. The van der Waals surface area contributed by atoms with Crippen molar-refractivity contribution in [3.8, 4) is 0 Å². The Labute approximate surface area is 142 Å². The van der Waals surface area contributed by atoms with E-state index in [0.29, 0.717) is 16.8 Å². The van der Waals surface area contributed by atoms with Crippen LogP contribution in [0.15, 0.2) is 12.7 Å². The molecule has 0 aromatic carbocycles. The third kappa shape index (κ3) is 3.76. The molecule has 0 saturated carbocycles. The number of methoxy groups -OCH3 is 1. The number of hydrogen-bond acceptors (Lipinski definition) is 5. The molecule has 0 bridgehead atoms. The molecule has 1 rings (SSSR count). The van der Waals surface area contributed by atoms with Crippen LogP contribution in [0, 0.1) is 13.8 Å². The Balaban J connectivity index is 3.29. The highest BCUT2D eigenvalue weighted by Gasteiger charge is 2.28. The van der Waals surface area contributed by atoms with E-state index in [1.807, 2.05) is 0 Å². The van der Waals surface area contributed by atoms with E-state index in [9.17, 15) is 18.0 Å². The number of Topliss-reactive ketones (excluding diaryl/α,β-unsaturated/α-hetero) is 1. The van der Waals surface area contributed by atoms with Gasteiger partial charge in [0, 0.05) is 24.8 Å². The minimum Gasteiger partial charge on any atom is -0.464 e. The van der Waals surface area contributed by atoms with Crippen LogP contribution in [0.1, 0.15) is 39.0 Å². The second-order valence-corrected chi connectivity index (χ2v) is 7.65. The summed E-state index contributed by atoms with van der Waals surface area (Å²) in [7, 11) is -0.601. The predicted molar refractivity (Wildman–Crippen MR) is 91.8 cm³/mol. The molecule has 0 aliphatic carbocycles. The molecule has 1 aromatic heterocycles. The molecule has 0 aliphatic heterocycles. The van der Waals surface area contributed by atoms with Crippen LogP contribution in [0.2, 0.25) is 0 Å². The summed E-state index contributed by atoms with van der Waals surface area (Å²) in [5.74, 6) is -1.01. The van der Waals surface area contributed by atoms with Crippen molar-refractivity contribution in [3.63, 3.8) is 0 Å². The lowest BCUT2D eigenvalue weighted by Gasteiger charge is -2.19. The van der Waals surface area contributed by atoms with Gasteiger partial charge in [0.2, 0.25) is 10.0 Å². The number of carbonyl (C=O) groups excluding carboxylic acids is 2. The van der Waals surface area contributed by atoms with Crippen molar-refractivity contribution < 1.29 is 22.7 Å². The SMILES string of the molecule is C=CCN(CC(=O)c1c(C)c(C(=O)OC)n(C)c1C)S(=O)(=O)CC. The van der Waals surface area contributed by atoms with Crippen molar-refractivity contribution in [2.75, 3.05) is 26.0 Å². The number of aromatic nitrogens is 1. The van der Waals surface area contributed by atoms with E-state index < -0.39 is 16.0 Å². The lowest BCUT2D eigenvalue weighted by Crippen LogP contribution is -2.37. The first-order valence-electron chi connectivity index (χ1n) is 7.48. The Morgan fingerprint density at radius 2 is 1.92 bits per heavy atom. The van der Waals surface area contributed by atoms with Gasteiger partial charge in [-0.3, -0.25) is 4.79 Å². The molecular formula is C16H24N2O5S. The average molecular weight is 356 g/mol. The largest absolute Gasteiger partial charge is 0.464 e. The van der Waals surface area contributed by atoms with Gasteiger partial charge in [0.05, 0.1) is 19.4 Å². The Morgan fingerprint density at radius 1 is 1.33 bits per heavy atom. The van der Waals surface area contributed by atoms with Gasteiger partial charge in [0.25, 0.3) is 0 Å². The van der Waals surface area contributed by atoms with Gasteiger partial charge >= 0.3 is 5.97 Å². The zero-order chi connectivity index (χ0) is 18.7. The number of esters is 1. The number of rotatable bonds is 8. The van der Waals surface area contributed by atoms with Crippen LogP contribution in [0.5, 0.6) is 0 Å². The van der Waals surface area contributed by atoms with Crippen LogP contribution in [0.4, 0.5) is 0 Å². The first kappa shape index (κ1) is 20.1. The monoisotopic (exact) mass is 356 g/mol. The number of carbonyl (C=O) groups is 2. The fraction of sp³-hybridized carbons (Fsp3) is 0.500. The molecule has 1 aromatic rings. The maximum Gasteiger partial charge on any atom is 0.354 e. The zero-order valence-corrected chi connectivity index (χ0v) is 15.6. The van der Waals surface area contributed by atoms with Gasteiger partial charge in [-0.15, -0.1) is 6.58 Å². The van der Waals surface area contributed by atoms with Crippen LogP contribution < -0.4 is 0 Å². The molecule has 0 atom stereocenters. The number of ketones is 1. The number of nitrogens with zero attached hydrogens (tertiary/aromatic N) is 2. The molecule has 0 radical (unpaired) electrons. The quantitative estimate of drug-likeness (QED) is 0.400. The van der Waals surface area contributed by atoms with E-state index in [1.165, 1.54) is 20.1 Å². The Kier molecular flexibility index (Phi) is 6.50. The van der Waals surface area contributed by atoms with Gasteiger partial charge in [-0.1, -0.05) is 6.08 Å². The second-order valence-electron chi connectivity index (χ2n) is 5.39. The minimum absolute atomic E-state index is 0.0523. The molecule has 0 spiro atoms. The summed E-state index contributed by atoms with van der Waals surface area (Å²) in [6.45, 7) is 8.17. The van der Waals surface area contributed by atoms with Crippen LogP contribution in [-0.2, 0) is 21.8 Å². The average Bonchev–Trinajstić information content (AvgIpc) is 2.75. The highest BCUT2D eigenvalue weighted by Crippen LogP contribution is 2.23. The molecular weight excluding hydrogens is 332 g/mol. The molecule has 0 aliphatic rings. The van der Waals surface area contributed by atoms with Gasteiger partial charge in [0.15, 0.2) is 5.78 Å². The van der Waals surface area contributed by atoms with Crippen molar-refractivity contribution in [3.05, 3.63) is 35.2 Å². The minimum atomic E-state index is -3.53. The molecule has 0 fully saturated rings. The molecule has 0 unspecified atom stereocenters. The van der Waals surface area contributed by atoms with Crippen LogP contribution in [-0.4, -0.2) is 55.0 Å². The Bertz CT molecular complexity index is 762. The first-order chi connectivity index (χ1) is 11.1. The summed E-state index contributed by atoms with van der Waals surface area (Å²) in [6.07, 6.45) is 1.44. The van der Waals surface area contributed by atoms with E-state index in [0.717, 1.165) is 4.31 Å². The Hall–Kier alpha value is -1.93. The third-order valence-electron chi connectivity index (χ3n) is 4.00. The van der Waals surface area contributed by atoms with Gasteiger partial charge in [-0.05, 0) is 26.3 Å². The summed E-state index contributed by atoms with van der Waals surface area (Å²) >= 11 is 0. The van der Waals surface area contributed by atoms with Crippen LogP contribution in [0.25, 0.3) is 0 Å². The van der Waals surface area contributed by atoms with E-state index in [4.69, 9.17) is 4.74 Å². The van der Waals surface area contributed by atoms with E-state index in [1.54, 1.807) is 25.5 Å². The summed E-state index contributed by atoms with van der Waals surface area (Å²) in [5.41, 5.74) is 1.70. The van der Waals surface area contributed by atoms with E-state index in [-0.39, 0.29) is 30.3 Å². The second kappa shape index (κ2) is 7.76. The third-order valence-corrected chi connectivity index (χ3v) is 5.79. The number of sulfonamides is 1. The molecule has 1 heterocycles. The van der Waals surface area contributed by atoms with Gasteiger partial charge < -0.3 is 9.30 Å². The topological polar surface area (TPSA) is 85.7 Å². The summed E-state index contributed by atoms with van der Waals surface area (Å²) in [5, 5.41) is 0. The highest BCUT2D eigenvalue weighted by atomic mass is 32.2. The molecule has 0 saturated heterocycles. The number of hydrogen-bond donors (Lipinski definition) is 0. The summed E-state index contributed by atoms with van der Waals surface area (Å²) in [4.78, 5) is 24.6. The molecule has 134 valence electrons. The summed E-state index contributed by atoms with van der Waals surface area (Å²) < 4.78 is 31.6. The van der Waals surface area contributed by atoms with E-state index >= 15 is 0 Å². The van der Waals surface area contributed by atoms with Gasteiger partial charge in [-0.25, -0.2) is 13.2 Å². The Morgan fingerprint density at radius 3 is 2.38 bits per heavy atom. The first-order valence-corrected chi connectivity index (χ1v) is 9.09. The lowest BCUT2D eigenvalue weighted by molar-refractivity contribution is 0.0588. The summed E-state index contributed by atoms with van der Waals surface area (Å²) in [6, 6.07) is 0. The number of ether oxygens (including phenoxy) is 1. The zero-order valence-electron chi connectivity index (χ0n) is 14.7. The van der Waals surface area contributed by atoms with Crippen molar-refractivity contribution in [1.82, 2.24) is 8.87 Å². The highest BCUT2D eigenvalue weighted by molar-refractivity contribution is 7.89. The van der Waals surface area contributed by atoms with Gasteiger partial charge in [0.1, 0.15) is 5.69 Å². The maximum atomic E-state index is 12.7. The van der Waals surface area contributed by atoms with Crippen LogP contribution >= 0.6 is 0 Å². The standard InChI is InChI=1S/C16H24N2O5S/c1-7-9-18(24(21,22)8-2)10-13(19)14-11(3)15(16(20)23-6)17(5)12(14)4/h7H,1,8-10H2,2-6H3. The molecule has 7 nitrogen and oxygen atoms in total. The predicted octanol–water partition coefficient (Wildman–Crippen LogP) is 1.45. The molecule has 0 amide bonds.